The number of hydrogen-bond acceptors (Lipinski definition) is 1. The molecule has 1 fully saturated rings. The molecular weight excluding hydrogens is 516 g/mol. The topological polar surface area (TPSA) is 9.23 Å². The van der Waals surface area contributed by atoms with E-state index >= 15 is 0 Å². The molecular formula is C39H62OS. The molecule has 0 heterocycles. The standard InChI is InChI=1S/C39H62OS/c1-28(2)35-27-36-33(30-20-22-31(23-21-30)38(3,4)5)17-15-18-34(36)37(35)41(9,10)32-24-19-29(26-32)16-13-11-12-14-25-40-39(6,7)8/h15,17-18,20-23,28-29,32,35,37H,11-14,16,19,24-27H2,1-10H3. The van der Waals surface area contributed by atoms with Gasteiger partial charge < -0.3 is 4.74 Å². The smallest absolute Gasteiger partial charge is 0.0598 e. The summed E-state index contributed by atoms with van der Waals surface area (Å²) in [5.74, 6) is 2.43. The summed E-state index contributed by atoms with van der Waals surface area (Å²) in [6, 6.07) is 16.7. The van der Waals surface area contributed by atoms with E-state index < -0.39 is 10.0 Å². The minimum atomic E-state index is -0.777. The van der Waals surface area contributed by atoms with E-state index in [0.29, 0.717) is 0 Å². The third-order valence-corrected chi connectivity index (χ3v) is 14.4. The van der Waals surface area contributed by atoms with Gasteiger partial charge in [0.15, 0.2) is 0 Å². The summed E-state index contributed by atoms with van der Waals surface area (Å²) in [5, 5.41) is 1.65. The fourth-order valence-corrected chi connectivity index (χ4v) is 11.9. The second-order valence-corrected chi connectivity index (χ2v) is 20.3. The van der Waals surface area contributed by atoms with E-state index in [-0.39, 0.29) is 11.0 Å². The molecule has 0 aromatic heterocycles. The van der Waals surface area contributed by atoms with Crippen LogP contribution in [0.25, 0.3) is 11.1 Å². The van der Waals surface area contributed by atoms with Crippen molar-refractivity contribution in [2.45, 2.75) is 135 Å². The summed E-state index contributed by atoms with van der Waals surface area (Å²) in [5.41, 5.74) is 7.86. The molecule has 2 aromatic carbocycles. The highest BCUT2D eigenvalue weighted by Gasteiger charge is 2.46. The zero-order chi connectivity index (χ0) is 30.0. The normalized spacial score (nSPS) is 23.8. The predicted molar refractivity (Wildman–Crippen MR) is 185 cm³/mol. The maximum Gasteiger partial charge on any atom is 0.0598 e. The Morgan fingerprint density at radius 1 is 0.854 bits per heavy atom. The summed E-state index contributed by atoms with van der Waals surface area (Å²) < 4.78 is 5.91. The van der Waals surface area contributed by atoms with Crippen LogP contribution in [0.3, 0.4) is 0 Å². The van der Waals surface area contributed by atoms with Crippen LogP contribution in [0.2, 0.25) is 0 Å². The molecule has 2 aromatic rings. The Labute approximate surface area is 256 Å². The van der Waals surface area contributed by atoms with Crippen LogP contribution in [0.5, 0.6) is 0 Å². The quantitative estimate of drug-likeness (QED) is 0.241. The molecule has 1 nitrogen and oxygen atoms in total. The number of rotatable bonds is 11. The molecule has 1 saturated carbocycles. The molecule has 0 N–H and O–H groups in total. The number of benzene rings is 2. The zero-order valence-electron chi connectivity index (χ0n) is 28.3. The Balaban J connectivity index is 1.43. The van der Waals surface area contributed by atoms with Gasteiger partial charge >= 0.3 is 0 Å². The molecule has 4 rings (SSSR count). The highest BCUT2D eigenvalue weighted by molar-refractivity contribution is 8.33. The van der Waals surface area contributed by atoms with Crippen LogP contribution in [0.4, 0.5) is 0 Å². The summed E-state index contributed by atoms with van der Waals surface area (Å²) in [6.45, 7) is 19.3. The van der Waals surface area contributed by atoms with Crippen LogP contribution >= 0.6 is 10.0 Å². The Kier molecular flexibility index (Phi) is 10.5. The lowest BCUT2D eigenvalue weighted by molar-refractivity contribution is -0.00476. The van der Waals surface area contributed by atoms with Crippen LogP contribution in [0.15, 0.2) is 42.5 Å². The molecule has 0 spiro atoms. The fourth-order valence-electron chi connectivity index (χ4n) is 7.77. The van der Waals surface area contributed by atoms with Crippen LogP contribution in [-0.4, -0.2) is 30.0 Å². The van der Waals surface area contributed by atoms with Crippen molar-refractivity contribution in [3.05, 3.63) is 59.2 Å². The van der Waals surface area contributed by atoms with Crippen molar-refractivity contribution in [3.63, 3.8) is 0 Å². The molecule has 4 unspecified atom stereocenters. The van der Waals surface area contributed by atoms with Crippen LogP contribution in [-0.2, 0) is 16.6 Å². The number of fused-ring (bicyclic) bond motifs is 1. The third-order valence-electron chi connectivity index (χ3n) is 10.3. The highest BCUT2D eigenvalue weighted by atomic mass is 32.3. The minimum absolute atomic E-state index is 0.00166. The Hall–Kier alpha value is -1.25. The molecule has 230 valence electrons. The van der Waals surface area contributed by atoms with E-state index in [0.717, 1.165) is 34.9 Å². The Bertz CT molecular complexity index is 1110. The van der Waals surface area contributed by atoms with Crippen LogP contribution in [0.1, 0.15) is 129 Å². The van der Waals surface area contributed by atoms with Crippen molar-refractivity contribution in [2.24, 2.45) is 17.8 Å². The van der Waals surface area contributed by atoms with Crippen molar-refractivity contribution in [3.8, 4) is 11.1 Å². The lowest BCUT2D eigenvalue weighted by Gasteiger charge is -2.48. The van der Waals surface area contributed by atoms with Crippen molar-refractivity contribution in [1.82, 2.24) is 0 Å². The average molecular weight is 579 g/mol. The van der Waals surface area contributed by atoms with E-state index in [2.05, 4.69) is 110 Å². The van der Waals surface area contributed by atoms with Gasteiger partial charge in [0, 0.05) is 11.9 Å². The molecule has 0 radical (unpaired) electrons. The second kappa shape index (κ2) is 13.2. The van der Waals surface area contributed by atoms with Gasteiger partial charge in [-0.05, 0) is 122 Å². The summed E-state index contributed by atoms with van der Waals surface area (Å²) >= 11 is 0. The summed E-state index contributed by atoms with van der Waals surface area (Å²) in [7, 11) is -0.777. The van der Waals surface area contributed by atoms with Crippen molar-refractivity contribution < 1.29 is 4.74 Å². The SMILES string of the molecule is CC(C)C1Cc2c(-c3ccc(C(C)(C)C)cc3)cccc2C1S(C)(C)C1CCC(CCCCCCOC(C)(C)C)C1. The number of hydrogen-bond donors (Lipinski definition) is 0. The first kappa shape index (κ1) is 32.7. The average Bonchev–Trinajstić information content (AvgIpc) is 3.53. The highest BCUT2D eigenvalue weighted by Crippen LogP contribution is 2.69. The molecule has 4 atom stereocenters. The molecule has 2 heteroatoms. The van der Waals surface area contributed by atoms with Crippen molar-refractivity contribution in [2.75, 3.05) is 19.1 Å². The van der Waals surface area contributed by atoms with Gasteiger partial charge in [0.25, 0.3) is 0 Å². The monoisotopic (exact) mass is 578 g/mol. The Morgan fingerprint density at radius 3 is 2.17 bits per heavy atom. The van der Waals surface area contributed by atoms with Gasteiger partial charge in [-0.1, -0.05) is 103 Å². The third kappa shape index (κ3) is 8.03. The molecule has 0 saturated heterocycles. The van der Waals surface area contributed by atoms with E-state index in [9.17, 15) is 0 Å². The number of ether oxygens (including phenoxy) is 1. The summed E-state index contributed by atoms with van der Waals surface area (Å²) in [4.78, 5) is 0. The zero-order valence-corrected chi connectivity index (χ0v) is 29.1. The Morgan fingerprint density at radius 2 is 1.54 bits per heavy atom. The molecule has 2 aliphatic carbocycles. The van der Waals surface area contributed by atoms with Gasteiger partial charge in [0.2, 0.25) is 0 Å². The van der Waals surface area contributed by atoms with E-state index in [4.69, 9.17) is 4.74 Å². The van der Waals surface area contributed by atoms with E-state index in [1.165, 1.54) is 74.5 Å². The number of unbranched alkanes of at least 4 members (excludes halogenated alkanes) is 3. The predicted octanol–water partition coefficient (Wildman–Crippen LogP) is 11.5. The first-order chi connectivity index (χ1) is 19.2. The molecule has 0 aliphatic heterocycles. The molecule has 0 amide bonds. The van der Waals surface area contributed by atoms with E-state index in [1.807, 2.05) is 0 Å². The van der Waals surface area contributed by atoms with Gasteiger partial charge in [-0.3, -0.25) is 0 Å². The minimum Gasteiger partial charge on any atom is -0.376 e. The van der Waals surface area contributed by atoms with Crippen LogP contribution < -0.4 is 0 Å². The van der Waals surface area contributed by atoms with Gasteiger partial charge in [0.1, 0.15) is 0 Å². The second-order valence-electron chi connectivity index (χ2n) is 16.2. The van der Waals surface area contributed by atoms with E-state index in [1.54, 1.807) is 11.1 Å². The molecule has 41 heavy (non-hydrogen) atoms. The summed E-state index contributed by atoms with van der Waals surface area (Å²) in [6.07, 6.45) is 17.8. The first-order valence-corrected chi connectivity index (χ1v) is 19.3. The maximum absolute atomic E-state index is 5.91. The van der Waals surface area contributed by atoms with Gasteiger partial charge in [-0.15, -0.1) is 0 Å². The maximum atomic E-state index is 5.91. The lowest BCUT2D eigenvalue weighted by Crippen LogP contribution is -2.26. The van der Waals surface area contributed by atoms with Gasteiger partial charge in [-0.25, -0.2) is 10.0 Å². The van der Waals surface area contributed by atoms with Crippen LogP contribution in [0, 0.1) is 17.8 Å². The molecule has 2 aliphatic rings. The molecule has 0 bridgehead atoms. The lowest BCUT2D eigenvalue weighted by atomic mass is 9.85. The fraction of sp³-hybridized carbons (Fsp3) is 0.692. The largest absolute Gasteiger partial charge is 0.376 e. The first-order valence-electron chi connectivity index (χ1n) is 16.8. The van der Waals surface area contributed by atoms with Crippen molar-refractivity contribution >= 4 is 10.0 Å². The van der Waals surface area contributed by atoms with Crippen molar-refractivity contribution in [1.29, 1.82) is 0 Å². The van der Waals surface area contributed by atoms with Gasteiger partial charge in [-0.2, -0.15) is 0 Å². The van der Waals surface area contributed by atoms with Gasteiger partial charge in [0.05, 0.1) is 5.60 Å².